The standard InChI is InChI=1S/C14H16FN3O/c1-9-13(10(2)18(3)17-9)8-16-14(19)11-4-6-12(15)7-5-11/h4-7H,8H2,1-3H3,(H,16,19). The van der Waals surface area contributed by atoms with Crippen molar-refractivity contribution in [1.29, 1.82) is 0 Å². The molecule has 1 aromatic heterocycles. The van der Waals surface area contributed by atoms with Crippen LogP contribution in [0.4, 0.5) is 4.39 Å². The number of aryl methyl sites for hydroxylation is 2. The second-order valence-electron chi connectivity index (χ2n) is 4.46. The molecule has 0 atom stereocenters. The number of carbonyl (C=O) groups excluding carboxylic acids is 1. The molecule has 0 spiro atoms. The van der Waals surface area contributed by atoms with Gasteiger partial charge in [0.25, 0.3) is 5.91 Å². The smallest absolute Gasteiger partial charge is 0.251 e. The minimum Gasteiger partial charge on any atom is -0.348 e. The second kappa shape index (κ2) is 5.22. The Morgan fingerprint density at radius 3 is 2.47 bits per heavy atom. The first-order valence-corrected chi connectivity index (χ1v) is 6.02. The van der Waals surface area contributed by atoms with Crippen LogP contribution in [0, 0.1) is 19.7 Å². The number of aromatic nitrogens is 2. The average molecular weight is 261 g/mol. The fraction of sp³-hybridized carbons (Fsp3) is 0.286. The number of benzene rings is 1. The maximum atomic E-state index is 12.8. The third-order valence-electron chi connectivity index (χ3n) is 3.19. The van der Waals surface area contributed by atoms with Gasteiger partial charge in [-0.15, -0.1) is 0 Å². The summed E-state index contributed by atoms with van der Waals surface area (Å²) in [4.78, 5) is 11.9. The molecule has 0 saturated carbocycles. The van der Waals surface area contributed by atoms with Gasteiger partial charge < -0.3 is 5.32 Å². The molecule has 0 radical (unpaired) electrons. The van der Waals surface area contributed by atoms with Gasteiger partial charge in [0.05, 0.1) is 5.69 Å². The van der Waals surface area contributed by atoms with E-state index in [1.807, 2.05) is 20.9 Å². The number of rotatable bonds is 3. The molecule has 0 saturated heterocycles. The molecule has 1 heterocycles. The van der Waals surface area contributed by atoms with E-state index in [0.29, 0.717) is 12.1 Å². The zero-order valence-electron chi connectivity index (χ0n) is 11.2. The van der Waals surface area contributed by atoms with E-state index in [9.17, 15) is 9.18 Å². The summed E-state index contributed by atoms with van der Waals surface area (Å²) >= 11 is 0. The van der Waals surface area contributed by atoms with Crippen molar-refractivity contribution < 1.29 is 9.18 Å². The van der Waals surface area contributed by atoms with Crippen LogP contribution in [-0.2, 0) is 13.6 Å². The first-order valence-electron chi connectivity index (χ1n) is 6.02. The lowest BCUT2D eigenvalue weighted by atomic mass is 10.1. The Morgan fingerprint density at radius 1 is 1.32 bits per heavy atom. The largest absolute Gasteiger partial charge is 0.348 e. The lowest BCUT2D eigenvalue weighted by Crippen LogP contribution is -2.23. The van der Waals surface area contributed by atoms with Crippen LogP contribution in [0.3, 0.4) is 0 Å². The molecule has 1 N–H and O–H groups in total. The second-order valence-corrected chi connectivity index (χ2v) is 4.46. The van der Waals surface area contributed by atoms with E-state index in [0.717, 1.165) is 17.0 Å². The Labute approximate surface area is 111 Å². The molecule has 0 bridgehead atoms. The van der Waals surface area contributed by atoms with E-state index in [2.05, 4.69) is 10.4 Å². The highest BCUT2D eigenvalue weighted by Crippen LogP contribution is 2.11. The van der Waals surface area contributed by atoms with Crippen LogP contribution in [0.15, 0.2) is 24.3 Å². The number of hydrogen-bond acceptors (Lipinski definition) is 2. The lowest BCUT2D eigenvalue weighted by molar-refractivity contribution is 0.0951. The molecule has 0 fully saturated rings. The summed E-state index contributed by atoms with van der Waals surface area (Å²) in [6.07, 6.45) is 0. The minimum absolute atomic E-state index is 0.220. The fourth-order valence-electron chi connectivity index (χ4n) is 1.95. The van der Waals surface area contributed by atoms with Crippen LogP contribution < -0.4 is 5.32 Å². The molecule has 2 rings (SSSR count). The van der Waals surface area contributed by atoms with Crippen molar-refractivity contribution in [2.45, 2.75) is 20.4 Å². The van der Waals surface area contributed by atoms with E-state index in [1.165, 1.54) is 24.3 Å². The van der Waals surface area contributed by atoms with Crippen molar-refractivity contribution >= 4 is 5.91 Å². The van der Waals surface area contributed by atoms with Crippen molar-refractivity contribution in [2.75, 3.05) is 0 Å². The van der Waals surface area contributed by atoms with E-state index >= 15 is 0 Å². The quantitative estimate of drug-likeness (QED) is 0.919. The van der Waals surface area contributed by atoms with Gasteiger partial charge >= 0.3 is 0 Å². The first kappa shape index (κ1) is 13.3. The highest BCUT2D eigenvalue weighted by molar-refractivity contribution is 5.94. The maximum Gasteiger partial charge on any atom is 0.251 e. The Morgan fingerprint density at radius 2 is 1.95 bits per heavy atom. The van der Waals surface area contributed by atoms with Gasteiger partial charge in [0.2, 0.25) is 0 Å². The molecular weight excluding hydrogens is 245 g/mol. The Kier molecular flexibility index (Phi) is 3.64. The Bertz CT molecular complexity index is 602. The summed E-state index contributed by atoms with van der Waals surface area (Å²) in [5, 5.41) is 7.10. The molecule has 19 heavy (non-hydrogen) atoms. The van der Waals surface area contributed by atoms with Crippen LogP contribution in [0.25, 0.3) is 0 Å². The van der Waals surface area contributed by atoms with Crippen LogP contribution in [-0.4, -0.2) is 15.7 Å². The monoisotopic (exact) mass is 261 g/mol. The summed E-state index contributed by atoms with van der Waals surface area (Å²) in [6.45, 7) is 4.29. The molecule has 0 aliphatic carbocycles. The molecule has 4 nitrogen and oxygen atoms in total. The van der Waals surface area contributed by atoms with E-state index in [-0.39, 0.29) is 11.7 Å². The molecule has 0 aliphatic rings. The normalized spacial score (nSPS) is 10.5. The number of amides is 1. The molecule has 2 aromatic rings. The summed E-state index contributed by atoms with van der Waals surface area (Å²) in [6, 6.07) is 5.48. The zero-order valence-corrected chi connectivity index (χ0v) is 11.2. The van der Waals surface area contributed by atoms with Crippen molar-refractivity contribution in [1.82, 2.24) is 15.1 Å². The molecule has 1 amide bonds. The summed E-state index contributed by atoms with van der Waals surface area (Å²) < 4.78 is 14.6. The van der Waals surface area contributed by atoms with Crippen molar-refractivity contribution in [3.05, 3.63) is 52.6 Å². The van der Waals surface area contributed by atoms with E-state index in [1.54, 1.807) is 4.68 Å². The van der Waals surface area contributed by atoms with Gasteiger partial charge in [-0.1, -0.05) is 0 Å². The highest BCUT2D eigenvalue weighted by atomic mass is 19.1. The average Bonchev–Trinajstić information content (AvgIpc) is 2.62. The summed E-state index contributed by atoms with van der Waals surface area (Å²) in [7, 11) is 1.87. The van der Waals surface area contributed by atoms with E-state index < -0.39 is 0 Å². The van der Waals surface area contributed by atoms with Crippen LogP contribution in [0.5, 0.6) is 0 Å². The van der Waals surface area contributed by atoms with Crippen molar-refractivity contribution in [3.8, 4) is 0 Å². The van der Waals surface area contributed by atoms with Gasteiger partial charge in [0, 0.05) is 30.4 Å². The maximum absolute atomic E-state index is 12.8. The third-order valence-corrected chi connectivity index (χ3v) is 3.19. The van der Waals surface area contributed by atoms with Gasteiger partial charge in [-0.2, -0.15) is 5.10 Å². The molecule has 0 unspecified atom stereocenters. The van der Waals surface area contributed by atoms with Gasteiger partial charge in [0.15, 0.2) is 0 Å². The van der Waals surface area contributed by atoms with Gasteiger partial charge in [0.1, 0.15) is 5.82 Å². The number of carbonyl (C=O) groups is 1. The SMILES string of the molecule is Cc1nn(C)c(C)c1CNC(=O)c1ccc(F)cc1. The highest BCUT2D eigenvalue weighted by Gasteiger charge is 2.11. The molecule has 0 aliphatic heterocycles. The lowest BCUT2D eigenvalue weighted by Gasteiger charge is -2.06. The number of hydrogen-bond donors (Lipinski definition) is 1. The van der Waals surface area contributed by atoms with Crippen LogP contribution in [0.2, 0.25) is 0 Å². The van der Waals surface area contributed by atoms with E-state index in [4.69, 9.17) is 0 Å². The minimum atomic E-state index is -0.351. The van der Waals surface area contributed by atoms with Crippen LogP contribution >= 0.6 is 0 Å². The molecule has 1 aromatic carbocycles. The molecule has 5 heteroatoms. The zero-order chi connectivity index (χ0) is 14.0. The molecule has 100 valence electrons. The predicted octanol–water partition coefficient (Wildman–Crippen LogP) is 2.11. The topological polar surface area (TPSA) is 46.9 Å². The van der Waals surface area contributed by atoms with Crippen LogP contribution in [0.1, 0.15) is 27.3 Å². The number of nitrogens with zero attached hydrogens (tertiary/aromatic N) is 2. The third kappa shape index (κ3) is 2.81. The van der Waals surface area contributed by atoms with Gasteiger partial charge in [-0.3, -0.25) is 9.48 Å². The summed E-state index contributed by atoms with van der Waals surface area (Å²) in [5.74, 6) is -0.571. The first-order chi connectivity index (χ1) is 8.99. The van der Waals surface area contributed by atoms with Gasteiger partial charge in [-0.05, 0) is 38.1 Å². The molecular formula is C14H16FN3O. The van der Waals surface area contributed by atoms with Gasteiger partial charge in [-0.25, -0.2) is 4.39 Å². The fourth-order valence-corrected chi connectivity index (χ4v) is 1.95. The number of halogens is 1. The Hall–Kier alpha value is -2.17. The van der Waals surface area contributed by atoms with Crippen molar-refractivity contribution in [3.63, 3.8) is 0 Å². The number of nitrogens with one attached hydrogen (secondary N) is 1. The summed E-state index contributed by atoms with van der Waals surface area (Å²) in [5.41, 5.74) is 3.38. The predicted molar refractivity (Wildman–Crippen MR) is 70.3 cm³/mol. The van der Waals surface area contributed by atoms with Crippen molar-refractivity contribution in [2.24, 2.45) is 7.05 Å². The Balaban J connectivity index is 2.06.